The largest absolute Gasteiger partial charge is 0.375 e. The monoisotopic (exact) mass is 291 g/mol. The molecule has 1 amide bonds. The second-order valence-electron chi connectivity index (χ2n) is 4.94. The van der Waals surface area contributed by atoms with Crippen molar-refractivity contribution < 1.29 is 17.9 Å². The third-order valence-corrected chi connectivity index (χ3v) is 4.77. The number of amides is 1. The highest BCUT2D eigenvalue weighted by Gasteiger charge is 2.27. The van der Waals surface area contributed by atoms with E-state index in [-0.39, 0.29) is 12.0 Å². The molecule has 0 aromatic heterocycles. The lowest BCUT2D eigenvalue weighted by molar-refractivity contribution is -0.135. The molecule has 8 heteroatoms. The molecule has 19 heavy (non-hydrogen) atoms. The van der Waals surface area contributed by atoms with Crippen molar-refractivity contribution in [1.82, 2.24) is 14.5 Å². The van der Waals surface area contributed by atoms with E-state index in [1.54, 1.807) is 4.90 Å². The Morgan fingerprint density at radius 1 is 1.32 bits per heavy atom. The van der Waals surface area contributed by atoms with Gasteiger partial charge in [-0.05, 0) is 0 Å². The van der Waals surface area contributed by atoms with E-state index in [1.807, 2.05) is 0 Å². The number of nitrogens with one attached hydrogen (secondary N) is 1. The van der Waals surface area contributed by atoms with Crippen LogP contribution in [0.2, 0.25) is 0 Å². The lowest BCUT2D eigenvalue weighted by atomic mass is 10.2. The SMILES string of the molecule is CS(=O)(=O)N1CCN(C(=O)CC2CNCCO2)CC1. The highest BCUT2D eigenvalue weighted by Crippen LogP contribution is 2.10. The summed E-state index contributed by atoms with van der Waals surface area (Å²) in [7, 11) is -3.14. The van der Waals surface area contributed by atoms with Crippen molar-refractivity contribution in [2.75, 3.05) is 52.1 Å². The average molecular weight is 291 g/mol. The van der Waals surface area contributed by atoms with Crippen molar-refractivity contribution >= 4 is 15.9 Å². The highest BCUT2D eigenvalue weighted by molar-refractivity contribution is 7.88. The molecule has 2 saturated heterocycles. The molecular weight excluding hydrogens is 270 g/mol. The summed E-state index contributed by atoms with van der Waals surface area (Å²) in [4.78, 5) is 13.8. The third kappa shape index (κ3) is 4.13. The van der Waals surface area contributed by atoms with Crippen LogP contribution in [-0.4, -0.2) is 81.8 Å². The van der Waals surface area contributed by atoms with Crippen LogP contribution < -0.4 is 5.32 Å². The fourth-order valence-electron chi connectivity index (χ4n) is 2.34. The van der Waals surface area contributed by atoms with Gasteiger partial charge in [-0.25, -0.2) is 8.42 Å². The first-order chi connectivity index (χ1) is 8.97. The Balaban J connectivity index is 1.79. The molecular formula is C11H21N3O4S. The highest BCUT2D eigenvalue weighted by atomic mass is 32.2. The Morgan fingerprint density at radius 2 is 2.00 bits per heavy atom. The van der Waals surface area contributed by atoms with Gasteiger partial charge in [-0.15, -0.1) is 0 Å². The molecule has 2 heterocycles. The molecule has 2 rings (SSSR count). The minimum atomic E-state index is -3.14. The van der Waals surface area contributed by atoms with Crippen LogP contribution in [0.4, 0.5) is 0 Å². The maximum Gasteiger partial charge on any atom is 0.225 e. The zero-order valence-electron chi connectivity index (χ0n) is 11.2. The van der Waals surface area contributed by atoms with E-state index in [4.69, 9.17) is 4.74 Å². The summed E-state index contributed by atoms with van der Waals surface area (Å²) in [5.41, 5.74) is 0. The number of hydrogen-bond donors (Lipinski definition) is 1. The fraction of sp³-hybridized carbons (Fsp3) is 0.909. The summed E-state index contributed by atoms with van der Waals surface area (Å²) in [6, 6.07) is 0. The van der Waals surface area contributed by atoms with E-state index < -0.39 is 10.0 Å². The molecule has 0 aromatic carbocycles. The van der Waals surface area contributed by atoms with Gasteiger partial charge >= 0.3 is 0 Å². The molecule has 7 nitrogen and oxygen atoms in total. The summed E-state index contributed by atoms with van der Waals surface area (Å²) in [5, 5.41) is 3.19. The van der Waals surface area contributed by atoms with E-state index in [0.29, 0.717) is 45.8 Å². The number of piperazine rings is 1. The van der Waals surface area contributed by atoms with Crippen LogP contribution in [0.5, 0.6) is 0 Å². The molecule has 0 radical (unpaired) electrons. The quantitative estimate of drug-likeness (QED) is 0.682. The van der Waals surface area contributed by atoms with Gasteiger partial charge in [0.05, 0.1) is 25.4 Å². The second kappa shape index (κ2) is 6.17. The number of carbonyl (C=O) groups is 1. The van der Waals surface area contributed by atoms with Gasteiger partial charge in [0.15, 0.2) is 0 Å². The van der Waals surface area contributed by atoms with Crippen LogP contribution in [0.1, 0.15) is 6.42 Å². The van der Waals surface area contributed by atoms with Crippen LogP contribution >= 0.6 is 0 Å². The smallest absolute Gasteiger partial charge is 0.225 e. The second-order valence-corrected chi connectivity index (χ2v) is 6.93. The van der Waals surface area contributed by atoms with Gasteiger partial charge in [0.2, 0.25) is 15.9 Å². The van der Waals surface area contributed by atoms with Crippen molar-refractivity contribution in [2.24, 2.45) is 0 Å². The van der Waals surface area contributed by atoms with Crippen LogP contribution in [0, 0.1) is 0 Å². The van der Waals surface area contributed by atoms with E-state index >= 15 is 0 Å². The number of carbonyl (C=O) groups excluding carboxylic acids is 1. The zero-order chi connectivity index (χ0) is 13.9. The van der Waals surface area contributed by atoms with Crippen LogP contribution in [0.25, 0.3) is 0 Å². The van der Waals surface area contributed by atoms with Gasteiger partial charge in [0.25, 0.3) is 0 Å². The zero-order valence-corrected chi connectivity index (χ0v) is 12.0. The predicted molar refractivity (Wildman–Crippen MR) is 70.2 cm³/mol. The Bertz CT molecular complexity index is 412. The van der Waals surface area contributed by atoms with Crippen molar-refractivity contribution in [1.29, 1.82) is 0 Å². The molecule has 110 valence electrons. The van der Waals surface area contributed by atoms with Crippen molar-refractivity contribution in [3.8, 4) is 0 Å². The molecule has 0 aliphatic carbocycles. The summed E-state index contributed by atoms with van der Waals surface area (Å²) in [6.45, 7) is 3.87. The van der Waals surface area contributed by atoms with Crippen molar-refractivity contribution in [3.63, 3.8) is 0 Å². The van der Waals surface area contributed by atoms with Gasteiger partial charge in [0.1, 0.15) is 0 Å². The Kier molecular flexibility index (Phi) is 4.77. The molecule has 1 atom stereocenters. The molecule has 0 bridgehead atoms. The van der Waals surface area contributed by atoms with Gasteiger partial charge < -0.3 is 15.0 Å². The normalized spacial score (nSPS) is 26.4. The van der Waals surface area contributed by atoms with Gasteiger partial charge in [-0.2, -0.15) is 4.31 Å². The molecule has 0 aromatic rings. The molecule has 2 aliphatic heterocycles. The van der Waals surface area contributed by atoms with Crippen molar-refractivity contribution in [2.45, 2.75) is 12.5 Å². The number of ether oxygens (including phenoxy) is 1. The summed E-state index contributed by atoms with van der Waals surface area (Å²) >= 11 is 0. The summed E-state index contributed by atoms with van der Waals surface area (Å²) < 4.78 is 29.7. The molecule has 0 saturated carbocycles. The molecule has 2 fully saturated rings. The van der Waals surface area contributed by atoms with Gasteiger partial charge in [-0.1, -0.05) is 0 Å². The number of hydrogen-bond acceptors (Lipinski definition) is 5. The Morgan fingerprint density at radius 3 is 2.53 bits per heavy atom. The average Bonchev–Trinajstić information content (AvgIpc) is 2.39. The lowest BCUT2D eigenvalue weighted by Crippen LogP contribution is -2.51. The van der Waals surface area contributed by atoms with Crippen molar-refractivity contribution in [3.05, 3.63) is 0 Å². The van der Waals surface area contributed by atoms with E-state index in [1.165, 1.54) is 10.6 Å². The molecule has 2 aliphatic rings. The maximum atomic E-state index is 12.1. The predicted octanol–water partition coefficient (Wildman–Crippen LogP) is -1.53. The lowest BCUT2D eigenvalue weighted by Gasteiger charge is -2.34. The molecule has 1 unspecified atom stereocenters. The third-order valence-electron chi connectivity index (χ3n) is 3.47. The maximum absolute atomic E-state index is 12.1. The Labute approximate surface area is 113 Å². The molecule has 0 spiro atoms. The van der Waals surface area contributed by atoms with Crippen LogP contribution in [0.3, 0.4) is 0 Å². The fourth-order valence-corrected chi connectivity index (χ4v) is 3.17. The minimum absolute atomic E-state index is 0.0434. The Hall–Kier alpha value is -0.700. The first kappa shape index (κ1) is 14.7. The van der Waals surface area contributed by atoms with Crippen LogP contribution in [0.15, 0.2) is 0 Å². The van der Waals surface area contributed by atoms with Crippen LogP contribution in [-0.2, 0) is 19.6 Å². The number of morpholine rings is 1. The summed E-state index contributed by atoms with van der Waals surface area (Å²) in [5.74, 6) is 0.0434. The van der Waals surface area contributed by atoms with Gasteiger partial charge in [0, 0.05) is 39.3 Å². The molecule has 1 N–H and O–H groups in total. The number of sulfonamides is 1. The van der Waals surface area contributed by atoms with E-state index in [9.17, 15) is 13.2 Å². The standard InChI is InChI=1S/C11H21N3O4S/c1-19(16,17)14-5-3-13(4-6-14)11(15)8-10-9-12-2-7-18-10/h10,12H,2-9H2,1H3. The van der Waals surface area contributed by atoms with Gasteiger partial charge in [-0.3, -0.25) is 4.79 Å². The first-order valence-electron chi connectivity index (χ1n) is 6.52. The van der Waals surface area contributed by atoms with E-state index in [0.717, 1.165) is 6.54 Å². The first-order valence-corrected chi connectivity index (χ1v) is 8.37. The minimum Gasteiger partial charge on any atom is -0.375 e. The van der Waals surface area contributed by atoms with E-state index in [2.05, 4.69) is 5.32 Å². The number of rotatable bonds is 3. The summed E-state index contributed by atoms with van der Waals surface area (Å²) in [6.07, 6.45) is 1.51. The topological polar surface area (TPSA) is 79.0 Å². The number of nitrogens with zero attached hydrogens (tertiary/aromatic N) is 2.